The summed E-state index contributed by atoms with van der Waals surface area (Å²) in [5, 5.41) is 11.6. The number of nitrogens with zero attached hydrogens (tertiary/aromatic N) is 1. The van der Waals surface area contributed by atoms with Crippen LogP contribution >= 0.6 is 0 Å². The lowest BCUT2D eigenvalue weighted by molar-refractivity contribution is -0.384. The van der Waals surface area contributed by atoms with Crippen molar-refractivity contribution in [3.63, 3.8) is 0 Å². The number of methoxy groups -OCH3 is 1. The molecular weight excluding hydrogens is 378 g/mol. The normalized spacial score (nSPS) is 15.6. The number of carbonyl (C=O) groups excluding carboxylic acids is 1. The Bertz CT molecular complexity index is 1240. The summed E-state index contributed by atoms with van der Waals surface area (Å²) in [5.74, 6) is -1.63. The molecule has 2 heterocycles. The SMILES string of the molecule is COC(=O)C1=C(N)Oc2c(c(=O)[nH]c3ccccc23)[C@@H]1c1ccc([N+](=O)[O-])cc1. The van der Waals surface area contributed by atoms with Crippen molar-refractivity contribution in [1.29, 1.82) is 0 Å². The minimum absolute atomic E-state index is 0.0466. The number of carbonyl (C=O) groups is 1. The summed E-state index contributed by atoms with van der Waals surface area (Å²) in [6.07, 6.45) is 0. The first kappa shape index (κ1) is 18.2. The summed E-state index contributed by atoms with van der Waals surface area (Å²) < 4.78 is 10.5. The maximum Gasteiger partial charge on any atom is 0.340 e. The van der Waals surface area contributed by atoms with Gasteiger partial charge < -0.3 is 20.2 Å². The van der Waals surface area contributed by atoms with E-state index in [1.54, 1.807) is 24.3 Å². The molecule has 29 heavy (non-hydrogen) atoms. The van der Waals surface area contributed by atoms with E-state index in [0.29, 0.717) is 16.5 Å². The number of H-pyrrole nitrogens is 1. The predicted molar refractivity (Wildman–Crippen MR) is 103 cm³/mol. The number of fused-ring (bicyclic) bond motifs is 3. The van der Waals surface area contributed by atoms with Crippen molar-refractivity contribution in [3.05, 3.63) is 91.6 Å². The zero-order valence-corrected chi connectivity index (χ0v) is 15.2. The van der Waals surface area contributed by atoms with Crippen LogP contribution in [0.15, 0.2) is 64.8 Å². The van der Waals surface area contributed by atoms with Crippen molar-refractivity contribution in [2.45, 2.75) is 5.92 Å². The quantitative estimate of drug-likeness (QED) is 0.395. The Morgan fingerprint density at radius 3 is 2.55 bits per heavy atom. The largest absolute Gasteiger partial charge is 0.465 e. The minimum Gasteiger partial charge on any atom is -0.465 e. The summed E-state index contributed by atoms with van der Waals surface area (Å²) in [6, 6.07) is 12.6. The highest BCUT2D eigenvalue weighted by molar-refractivity contribution is 5.95. The number of pyridine rings is 1. The van der Waals surface area contributed by atoms with Crippen molar-refractivity contribution in [2.75, 3.05) is 7.11 Å². The molecule has 0 radical (unpaired) electrons. The molecular formula is C20H15N3O6. The third kappa shape index (κ3) is 2.89. The summed E-state index contributed by atoms with van der Waals surface area (Å²) in [6.45, 7) is 0. The van der Waals surface area contributed by atoms with Crippen molar-refractivity contribution in [1.82, 2.24) is 4.98 Å². The lowest BCUT2D eigenvalue weighted by atomic mass is 9.83. The van der Waals surface area contributed by atoms with Gasteiger partial charge in [-0.3, -0.25) is 14.9 Å². The van der Waals surface area contributed by atoms with Gasteiger partial charge in [0.25, 0.3) is 11.2 Å². The van der Waals surface area contributed by atoms with Crippen LogP contribution in [0.25, 0.3) is 10.9 Å². The highest BCUT2D eigenvalue weighted by Gasteiger charge is 2.38. The lowest BCUT2D eigenvalue weighted by Crippen LogP contribution is -2.31. The molecule has 2 aromatic carbocycles. The van der Waals surface area contributed by atoms with Crippen LogP contribution in [-0.4, -0.2) is 23.0 Å². The van der Waals surface area contributed by atoms with Crippen molar-refractivity contribution in [2.24, 2.45) is 5.73 Å². The second kappa shape index (κ2) is 6.79. The third-order valence-corrected chi connectivity index (χ3v) is 4.81. The van der Waals surface area contributed by atoms with Gasteiger partial charge in [-0.05, 0) is 17.7 Å². The van der Waals surface area contributed by atoms with Gasteiger partial charge in [-0.25, -0.2) is 4.79 Å². The molecule has 4 rings (SSSR count). The first-order valence-corrected chi connectivity index (χ1v) is 8.57. The summed E-state index contributed by atoms with van der Waals surface area (Å²) >= 11 is 0. The zero-order chi connectivity index (χ0) is 20.7. The zero-order valence-electron chi connectivity index (χ0n) is 15.2. The van der Waals surface area contributed by atoms with Crippen LogP contribution < -0.4 is 16.0 Å². The molecule has 0 unspecified atom stereocenters. The number of esters is 1. The highest BCUT2D eigenvalue weighted by atomic mass is 16.6. The highest BCUT2D eigenvalue weighted by Crippen LogP contribution is 2.43. The number of nitrogens with two attached hydrogens (primary N) is 1. The average Bonchev–Trinajstić information content (AvgIpc) is 2.72. The van der Waals surface area contributed by atoms with Crippen LogP contribution in [0.2, 0.25) is 0 Å². The summed E-state index contributed by atoms with van der Waals surface area (Å²) in [4.78, 5) is 38.6. The smallest absolute Gasteiger partial charge is 0.340 e. The molecule has 9 heteroatoms. The molecule has 1 aliphatic heterocycles. The number of benzene rings is 2. The van der Waals surface area contributed by atoms with Crippen LogP contribution in [0.3, 0.4) is 0 Å². The molecule has 1 aromatic heterocycles. The van der Waals surface area contributed by atoms with Crippen molar-refractivity contribution < 1.29 is 19.2 Å². The first-order valence-electron chi connectivity index (χ1n) is 8.57. The van der Waals surface area contributed by atoms with E-state index < -0.39 is 22.4 Å². The van der Waals surface area contributed by atoms with E-state index in [1.807, 2.05) is 0 Å². The lowest BCUT2D eigenvalue weighted by Gasteiger charge is -2.28. The number of nitro groups is 1. The molecule has 9 nitrogen and oxygen atoms in total. The minimum atomic E-state index is -0.916. The van der Waals surface area contributed by atoms with Crippen molar-refractivity contribution in [3.8, 4) is 5.75 Å². The Labute approximate surface area is 163 Å². The molecule has 3 aromatic rings. The molecule has 1 aliphatic rings. The number of para-hydroxylation sites is 1. The van der Waals surface area contributed by atoms with Gasteiger partial charge in [0.05, 0.1) is 29.0 Å². The molecule has 0 spiro atoms. The van der Waals surface area contributed by atoms with Gasteiger partial charge in [-0.15, -0.1) is 0 Å². The molecule has 0 bridgehead atoms. The Balaban J connectivity index is 2.02. The second-order valence-electron chi connectivity index (χ2n) is 6.40. The number of non-ortho nitro benzene ring substituents is 1. The number of hydrogen-bond acceptors (Lipinski definition) is 7. The van der Waals surface area contributed by atoms with Gasteiger partial charge in [-0.2, -0.15) is 0 Å². The van der Waals surface area contributed by atoms with E-state index in [2.05, 4.69) is 4.98 Å². The Morgan fingerprint density at radius 1 is 1.21 bits per heavy atom. The number of rotatable bonds is 3. The van der Waals surface area contributed by atoms with E-state index in [9.17, 15) is 19.7 Å². The standard InChI is InChI=1S/C20H15N3O6/c1-28-20(25)16-14(10-6-8-11(9-7-10)23(26)27)15-17(29-18(16)21)12-4-2-3-5-13(12)22-19(15)24/h2-9,14H,21H2,1H3,(H,22,24)/t14-/m0/s1. The predicted octanol–water partition coefficient (Wildman–Crippen LogP) is 2.30. The molecule has 0 aliphatic carbocycles. The average molecular weight is 393 g/mol. The fourth-order valence-corrected chi connectivity index (χ4v) is 3.50. The molecule has 146 valence electrons. The number of nitrogens with one attached hydrogen (secondary N) is 1. The molecule has 0 saturated heterocycles. The van der Waals surface area contributed by atoms with Crippen LogP contribution in [0, 0.1) is 10.1 Å². The fraction of sp³-hybridized carbons (Fsp3) is 0.100. The Hall–Kier alpha value is -4.14. The van der Waals surface area contributed by atoms with E-state index in [0.717, 1.165) is 0 Å². The van der Waals surface area contributed by atoms with Gasteiger partial charge in [0.2, 0.25) is 5.88 Å². The van der Waals surface area contributed by atoms with Gasteiger partial charge >= 0.3 is 5.97 Å². The summed E-state index contributed by atoms with van der Waals surface area (Å²) in [5.41, 5.74) is 6.61. The topological polar surface area (TPSA) is 138 Å². The Kier molecular flexibility index (Phi) is 4.27. The maximum atomic E-state index is 12.9. The molecule has 0 amide bonds. The van der Waals surface area contributed by atoms with E-state index in [1.165, 1.54) is 31.4 Å². The van der Waals surface area contributed by atoms with Gasteiger partial charge in [0.15, 0.2) is 0 Å². The molecule has 0 fully saturated rings. The van der Waals surface area contributed by atoms with Gasteiger partial charge in [0, 0.05) is 17.5 Å². The maximum absolute atomic E-state index is 12.9. The fourth-order valence-electron chi connectivity index (χ4n) is 3.50. The van der Waals surface area contributed by atoms with Crippen LogP contribution in [0.5, 0.6) is 5.75 Å². The van der Waals surface area contributed by atoms with Gasteiger partial charge in [-0.1, -0.05) is 24.3 Å². The van der Waals surface area contributed by atoms with E-state index in [-0.39, 0.29) is 28.5 Å². The first-order chi connectivity index (χ1) is 13.9. The van der Waals surface area contributed by atoms with Crippen LogP contribution in [0.1, 0.15) is 17.0 Å². The number of hydrogen-bond donors (Lipinski definition) is 2. The number of nitro benzene ring substituents is 1. The Morgan fingerprint density at radius 2 is 1.90 bits per heavy atom. The molecule has 1 atom stereocenters. The molecule has 0 saturated carbocycles. The third-order valence-electron chi connectivity index (χ3n) is 4.81. The number of aromatic nitrogens is 1. The van der Waals surface area contributed by atoms with Crippen LogP contribution in [-0.2, 0) is 9.53 Å². The van der Waals surface area contributed by atoms with Gasteiger partial charge in [0.1, 0.15) is 11.3 Å². The summed E-state index contributed by atoms with van der Waals surface area (Å²) in [7, 11) is 1.19. The van der Waals surface area contributed by atoms with E-state index >= 15 is 0 Å². The monoisotopic (exact) mass is 393 g/mol. The van der Waals surface area contributed by atoms with E-state index in [4.69, 9.17) is 15.2 Å². The molecule has 3 N–H and O–H groups in total. The van der Waals surface area contributed by atoms with Crippen molar-refractivity contribution >= 4 is 22.6 Å². The number of ether oxygens (including phenoxy) is 2. The second-order valence-corrected chi connectivity index (χ2v) is 6.40. The van der Waals surface area contributed by atoms with Crippen LogP contribution in [0.4, 0.5) is 5.69 Å². The number of aromatic amines is 1.